The van der Waals surface area contributed by atoms with Gasteiger partial charge in [-0.25, -0.2) is 5.01 Å². The third kappa shape index (κ3) is 2.77. The highest BCUT2D eigenvalue weighted by atomic mass is 16.5. The van der Waals surface area contributed by atoms with Crippen LogP contribution in [0.4, 0.5) is 0 Å². The van der Waals surface area contributed by atoms with Crippen molar-refractivity contribution in [2.24, 2.45) is 0 Å². The van der Waals surface area contributed by atoms with Crippen molar-refractivity contribution >= 4 is 0 Å². The number of hydrazine groups is 1. The number of ether oxygens (including phenoxy) is 1. The molecule has 3 rings (SSSR count). The lowest BCUT2D eigenvalue weighted by atomic mass is 10.00. The standard InChI is InChI=1S/C16H24N2O/c1-12-6-5-7-13(2)18(12)17-11-15-10-14-8-3-4-9-16(14)19-15/h3-4,8-9,12-13,15,17H,5-7,10-11H2,1-2H3. The number of benzene rings is 1. The lowest BCUT2D eigenvalue weighted by Gasteiger charge is -2.39. The van der Waals surface area contributed by atoms with Gasteiger partial charge in [0.2, 0.25) is 0 Å². The topological polar surface area (TPSA) is 24.5 Å². The highest BCUT2D eigenvalue weighted by Crippen LogP contribution is 2.28. The zero-order valence-electron chi connectivity index (χ0n) is 11.9. The van der Waals surface area contributed by atoms with Crippen molar-refractivity contribution in [2.75, 3.05) is 6.54 Å². The molecule has 0 radical (unpaired) electrons. The third-order valence-corrected chi connectivity index (χ3v) is 4.41. The first-order valence-electron chi connectivity index (χ1n) is 7.50. The number of para-hydroxylation sites is 1. The normalized spacial score (nSPS) is 30.9. The van der Waals surface area contributed by atoms with Gasteiger partial charge in [-0.1, -0.05) is 24.6 Å². The molecule has 0 aliphatic carbocycles. The van der Waals surface area contributed by atoms with Crippen LogP contribution in [0.3, 0.4) is 0 Å². The van der Waals surface area contributed by atoms with E-state index in [1.165, 1.54) is 24.8 Å². The molecule has 0 bridgehead atoms. The van der Waals surface area contributed by atoms with Crippen molar-refractivity contribution in [2.45, 2.75) is 57.7 Å². The van der Waals surface area contributed by atoms with Crippen LogP contribution in [0.5, 0.6) is 5.75 Å². The predicted octanol–water partition coefficient (Wildman–Crippen LogP) is 2.76. The molecule has 2 heterocycles. The van der Waals surface area contributed by atoms with Gasteiger partial charge < -0.3 is 4.74 Å². The highest BCUT2D eigenvalue weighted by Gasteiger charge is 2.27. The van der Waals surface area contributed by atoms with Gasteiger partial charge in [0, 0.05) is 25.0 Å². The van der Waals surface area contributed by atoms with E-state index in [0.717, 1.165) is 18.7 Å². The molecule has 3 heteroatoms. The molecule has 2 aliphatic rings. The molecule has 1 aromatic carbocycles. The fourth-order valence-electron chi connectivity index (χ4n) is 3.31. The number of hydrogen-bond donors (Lipinski definition) is 1. The summed E-state index contributed by atoms with van der Waals surface area (Å²) in [5, 5.41) is 2.43. The van der Waals surface area contributed by atoms with Gasteiger partial charge in [0.05, 0.1) is 0 Å². The van der Waals surface area contributed by atoms with Crippen molar-refractivity contribution in [1.82, 2.24) is 10.4 Å². The van der Waals surface area contributed by atoms with Gasteiger partial charge in [-0.05, 0) is 38.3 Å². The van der Waals surface area contributed by atoms with Crippen molar-refractivity contribution in [3.63, 3.8) is 0 Å². The van der Waals surface area contributed by atoms with Crippen LogP contribution in [-0.4, -0.2) is 29.7 Å². The van der Waals surface area contributed by atoms with Crippen LogP contribution in [0.15, 0.2) is 24.3 Å². The van der Waals surface area contributed by atoms with Crippen LogP contribution in [0.1, 0.15) is 38.7 Å². The quantitative estimate of drug-likeness (QED) is 0.904. The van der Waals surface area contributed by atoms with E-state index in [1.54, 1.807) is 0 Å². The summed E-state index contributed by atoms with van der Waals surface area (Å²) >= 11 is 0. The second-order valence-corrected chi connectivity index (χ2v) is 5.95. The number of nitrogens with one attached hydrogen (secondary N) is 1. The summed E-state index contributed by atoms with van der Waals surface area (Å²) in [4.78, 5) is 0. The first kappa shape index (κ1) is 12.9. The summed E-state index contributed by atoms with van der Waals surface area (Å²) in [6.45, 7) is 5.53. The van der Waals surface area contributed by atoms with Crippen LogP contribution in [0.25, 0.3) is 0 Å². The van der Waals surface area contributed by atoms with Crippen LogP contribution < -0.4 is 10.2 Å². The van der Waals surface area contributed by atoms with Gasteiger partial charge in [0.15, 0.2) is 0 Å². The Morgan fingerprint density at radius 3 is 2.68 bits per heavy atom. The van der Waals surface area contributed by atoms with Crippen molar-refractivity contribution in [3.05, 3.63) is 29.8 Å². The number of hydrogen-bond acceptors (Lipinski definition) is 3. The summed E-state index contributed by atoms with van der Waals surface area (Å²) in [5.74, 6) is 1.06. The molecule has 0 aromatic heterocycles. The molecule has 3 atom stereocenters. The number of nitrogens with zero attached hydrogens (tertiary/aromatic N) is 1. The average Bonchev–Trinajstić information content (AvgIpc) is 2.81. The second-order valence-electron chi connectivity index (χ2n) is 5.95. The summed E-state index contributed by atoms with van der Waals surface area (Å²) < 4.78 is 5.98. The molecule has 3 unspecified atom stereocenters. The molecule has 1 N–H and O–H groups in total. The van der Waals surface area contributed by atoms with E-state index in [9.17, 15) is 0 Å². The van der Waals surface area contributed by atoms with Gasteiger partial charge in [0.1, 0.15) is 11.9 Å². The van der Waals surface area contributed by atoms with Crippen LogP contribution in [0, 0.1) is 0 Å². The molecule has 1 fully saturated rings. The minimum atomic E-state index is 0.277. The molecule has 19 heavy (non-hydrogen) atoms. The molecule has 1 aromatic rings. The molecule has 0 saturated carbocycles. The van der Waals surface area contributed by atoms with Gasteiger partial charge >= 0.3 is 0 Å². The van der Waals surface area contributed by atoms with Gasteiger partial charge in [-0.3, -0.25) is 5.43 Å². The molecular formula is C16H24N2O. The van der Waals surface area contributed by atoms with Crippen LogP contribution in [0.2, 0.25) is 0 Å². The molecule has 2 aliphatic heterocycles. The first-order valence-corrected chi connectivity index (χ1v) is 7.50. The monoisotopic (exact) mass is 260 g/mol. The van der Waals surface area contributed by atoms with Crippen molar-refractivity contribution in [3.8, 4) is 5.75 Å². The fraction of sp³-hybridized carbons (Fsp3) is 0.625. The first-order chi connectivity index (χ1) is 9.24. The summed E-state index contributed by atoms with van der Waals surface area (Å²) in [6.07, 6.45) is 5.25. The van der Waals surface area contributed by atoms with E-state index in [-0.39, 0.29) is 6.10 Å². The van der Waals surface area contributed by atoms with E-state index in [2.05, 4.69) is 42.5 Å². The van der Waals surface area contributed by atoms with Crippen molar-refractivity contribution in [1.29, 1.82) is 0 Å². The number of fused-ring (bicyclic) bond motifs is 1. The smallest absolute Gasteiger partial charge is 0.123 e. The second kappa shape index (κ2) is 5.51. The van der Waals surface area contributed by atoms with Gasteiger partial charge in [-0.15, -0.1) is 0 Å². The predicted molar refractivity (Wildman–Crippen MR) is 77.2 cm³/mol. The Balaban J connectivity index is 1.54. The summed E-state index contributed by atoms with van der Waals surface area (Å²) in [7, 11) is 0. The third-order valence-electron chi connectivity index (χ3n) is 4.41. The maximum absolute atomic E-state index is 5.98. The maximum atomic E-state index is 5.98. The maximum Gasteiger partial charge on any atom is 0.123 e. The Morgan fingerprint density at radius 1 is 1.21 bits per heavy atom. The fourth-order valence-corrected chi connectivity index (χ4v) is 3.31. The molecular weight excluding hydrogens is 236 g/mol. The van der Waals surface area contributed by atoms with Gasteiger partial charge in [0.25, 0.3) is 0 Å². The molecule has 104 valence electrons. The lowest BCUT2D eigenvalue weighted by molar-refractivity contribution is 0.0332. The van der Waals surface area contributed by atoms with Gasteiger partial charge in [-0.2, -0.15) is 0 Å². The van der Waals surface area contributed by atoms with Crippen LogP contribution >= 0.6 is 0 Å². The van der Waals surface area contributed by atoms with E-state index >= 15 is 0 Å². The number of piperidine rings is 1. The van der Waals surface area contributed by atoms with Crippen molar-refractivity contribution < 1.29 is 4.74 Å². The van der Waals surface area contributed by atoms with E-state index in [0.29, 0.717) is 12.1 Å². The lowest BCUT2D eigenvalue weighted by Crippen LogP contribution is -2.54. The Morgan fingerprint density at radius 2 is 1.95 bits per heavy atom. The summed E-state index contributed by atoms with van der Waals surface area (Å²) in [6, 6.07) is 9.64. The Kier molecular flexibility index (Phi) is 3.76. The molecule has 0 spiro atoms. The van der Waals surface area contributed by atoms with E-state index in [4.69, 9.17) is 4.74 Å². The Hall–Kier alpha value is -1.06. The average molecular weight is 260 g/mol. The minimum Gasteiger partial charge on any atom is -0.488 e. The largest absolute Gasteiger partial charge is 0.488 e. The van der Waals surface area contributed by atoms with E-state index in [1.807, 2.05) is 6.07 Å². The van der Waals surface area contributed by atoms with Crippen LogP contribution in [-0.2, 0) is 6.42 Å². The summed E-state index contributed by atoms with van der Waals surface area (Å²) in [5.41, 5.74) is 4.95. The SMILES string of the molecule is CC1CCCC(C)N1NCC1Cc2ccccc2O1. The zero-order chi connectivity index (χ0) is 13.2. The number of rotatable bonds is 3. The Bertz CT molecular complexity index is 400. The minimum absolute atomic E-state index is 0.277. The van der Waals surface area contributed by atoms with E-state index < -0.39 is 0 Å². The zero-order valence-corrected chi connectivity index (χ0v) is 11.9. The molecule has 0 amide bonds. The highest BCUT2D eigenvalue weighted by molar-refractivity contribution is 5.37. The molecule has 1 saturated heterocycles. The molecule has 3 nitrogen and oxygen atoms in total. The Labute approximate surface area is 115 Å².